The Kier molecular flexibility index (Phi) is 8.24. The minimum atomic E-state index is -0.421. The summed E-state index contributed by atoms with van der Waals surface area (Å²) in [6.07, 6.45) is 2.22. The van der Waals surface area contributed by atoms with Crippen molar-refractivity contribution >= 4 is 40.3 Å². The van der Waals surface area contributed by atoms with Crippen molar-refractivity contribution in [3.63, 3.8) is 0 Å². The minimum absolute atomic E-state index is 0.0160. The standard InChI is InChI=1S/C30H42N4O2S/c1-8-34(37-24-12-9-22(10-13-24)31-28(35)30(5,6)7)23-11-14-26-25(19-23)32-27(29(2,3)4)33(26)20-21-15-17-36-18-16-21/h9-14,19,21H,8,15-18,20H2,1-7H3,(H,31,35). The van der Waals surface area contributed by atoms with E-state index in [0.717, 1.165) is 66.8 Å². The van der Waals surface area contributed by atoms with Crippen LogP contribution < -0.4 is 9.62 Å². The zero-order valence-electron chi connectivity index (χ0n) is 23.4. The normalized spacial score (nSPS) is 15.2. The zero-order chi connectivity index (χ0) is 26.8. The number of nitrogens with zero attached hydrogens (tertiary/aromatic N) is 3. The van der Waals surface area contributed by atoms with Crippen molar-refractivity contribution in [2.24, 2.45) is 11.3 Å². The van der Waals surface area contributed by atoms with Gasteiger partial charge in [0.25, 0.3) is 0 Å². The second-order valence-electron chi connectivity index (χ2n) is 12.0. The van der Waals surface area contributed by atoms with Crippen LogP contribution in [0.3, 0.4) is 0 Å². The first-order valence-corrected chi connectivity index (χ1v) is 14.2. The molecule has 4 rings (SSSR count). The minimum Gasteiger partial charge on any atom is -0.381 e. The van der Waals surface area contributed by atoms with E-state index in [2.05, 4.69) is 72.2 Å². The van der Waals surface area contributed by atoms with Crippen molar-refractivity contribution in [3.8, 4) is 0 Å². The summed E-state index contributed by atoms with van der Waals surface area (Å²) in [5.74, 6) is 1.79. The lowest BCUT2D eigenvalue weighted by Gasteiger charge is -2.26. The summed E-state index contributed by atoms with van der Waals surface area (Å²) in [5, 5.41) is 3.00. The van der Waals surface area contributed by atoms with E-state index in [1.807, 2.05) is 32.9 Å². The maximum atomic E-state index is 12.3. The fourth-order valence-corrected chi connectivity index (χ4v) is 5.42. The summed E-state index contributed by atoms with van der Waals surface area (Å²) in [5.41, 5.74) is 3.76. The van der Waals surface area contributed by atoms with E-state index < -0.39 is 5.41 Å². The first-order chi connectivity index (χ1) is 17.5. The van der Waals surface area contributed by atoms with Gasteiger partial charge in [0.05, 0.1) is 11.0 Å². The summed E-state index contributed by atoms with van der Waals surface area (Å²) in [7, 11) is 0. The van der Waals surface area contributed by atoms with Crippen molar-refractivity contribution in [3.05, 3.63) is 48.3 Å². The lowest BCUT2D eigenvalue weighted by Crippen LogP contribution is -2.27. The number of rotatable bonds is 7. The SMILES string of the molecule is CCN(Sc1ccc(NC(=O)C(C)(C)C)cc1)c1ccc2c(c1)nc(C(C)(C)C)n2CC1CCOCC1. The Morgan fingerprint density at radius 2 is 1.76 bits per heavy atom. The molecule has 0 unspecified atom stereocenters. The number of hydrogen-bond donors (Lipinski definition) is 1. The monoisotopic (exact) mass is 522 g/mol. The van der Waals surface area contributed by atoms with Gasteiger partial charge in [0, 0.05) is 53.4 Å². The molecule has 1 saturated heterocycles. The highest BCUT2D eigenvalue weighted by Crippen LogP contribution is 2.34. The van der Waals surface area contributed by atoms with Gasteiger partial charge < -0.3 is 18.9 Å². The molecule has 7 heteroatoms. The van der Waals surface area contributed by atoms with E-state index in [-0.39, 0.29) is 11.3 Å². The molecule has 1 aliphatic heterocycles. The first-order valence-electron chi connectivity index (χ1n) is 13.4. The molecule has 1 aromatic heterocycles. The van der Waals surface area contributed by atoms with Crippen molar-refractivity contribution in [1.29, 1.82) is 0 Å². The van der Waals surface area contributed by atoms with Gasteiger partial charge >= 0.3 is 0 Å². The largest absolute Gasteiger partial charge is 0.381 e. The Bertz CT molecular complexity index is 1220. The number of carbonyl (C=O) groups excluding carboxylic acids is 1. The van der Waals surface area contributed by atoms with Crippen LogP contribution in [0, 0.1) is 11.3 Å². The number of nitrogens with one attached hydrogen (secondary N) is 1. The van der Waals surface area contributed by atoms with E-state index in [0.29, 0.717) is 5.92 Å². The maximum absolute atomic E-state index is 12.3. The average Bonchev–Trinajstić information content (AvgIpc) is 3.21. The molecule has 1 fully saturated rings. The molecule has 0 spiro atoms. The number of carbonyl (C=O) groups is 1. The van der Waals surface area contributed by atoms with Gasteiger partial charge in [0.1, 0.15) is 5.82 Å². The third-order valence-corrected chi connectivity index (χ3v) is 7.94. The molecular weight excluding hydrogens is 480 g/mol. The van der Waals surface area contributed by atoms with Gasteiger partial charge in [-0.15, -0.1) is 0 Å². The quantitative estimate of drug-likeness (QED) is 0.331. The van der Waals surface area contributed by atoms with Crippen molar-refractivity contribution < 1.29 is 9.53 Å². The predicted octanol–water partition coefficient (Wildman–Crippen LogP) is 7.28. The summed E-state index contributed by atoms with van der Waals surface area (Å²) < 4.78 is 10.3. The molecule has 1 aliphatic rings. The predicted molar refractivity (Wildman–Crippen MR) is 155 cm³/mol. The number of fused-ring (bicyclic) bond motifs is 1. The van der Waals surface area contributed by atoms with Crippen LogP contribution in [0.4, 0.5) is 11.4 Å². The summed E-state index contributed by atoms with van der Waals surface area (Å²) in [6.45, 7) is 18.2. The van der Waals surface area contributed by atoms with Gasteiger partial charge in [-0.3, -0.25) is 4.79 Å². The van der Waals surface area contributed by atoms with Gasteiger partial charge in [-0.2, -0.15) is 0 Å². The van der Waals surface area contributed by atoms with Crippen LogP contribution in [0.15, 0.2) is 47.4 Å². The number of hydrogen-bond acceptors (Lipinski definition) is 5. The molecule has 200 valence electrons. The fraction of sp³-hybridized carbons (Fsp3) is 0.533. The molecule has 0 atom stereocenters. The Balaban J connectivity index is 1.55. The van der Waals surface area contributed by atoms with Crippen molar-refractivity contribution in [1.82, 2.24) is 9.55 Å². The lowest BCUT2D eigenvalue weighted by atomic mass is 9.94. The maximum Gasteiger partial charge on any atom is 0.229 e. The highest BCUT2D eigenvalue weighted by Gasteiger charge is 2.26. The number of benzene rings is 2. The van der Waals surface area contributed by atoms with E-state index in [4.69, 9.17) is 9.72 Å². The lowest BCUT2D eigenvalue weighted by molar-refractivity contribution is -0.123. The molecule has 3 aromatic rings. The molecule has 0 radical (unpaired) electrons. The number of imidazole rings is 1. The Morgan fingerprint density at radius 1 is 1.08 bits per heavy atom. The molecule has 37 heavy (non-hydrogen) atoms. The fourth-order valence-electron chi connectivity index (χ4n) is 4.56. The van der Waals surface area contributed by atoms with Gasteiger partial charge in [-0.25, -0.2) is 4.98 Å². The molecule has 6 nitrogen and oxygen atoms in total. The van der Waals surface area contributed by atoms with Crippen molar-refractivity contribution in [2.45, 2.75) is 78.2 Å². The van der Waals surface area contributed by atoms with Crippen LogP contribution in [0.25, 0.3) is 11.0 Å². The van der Waals surface area contributed by atoms with Gasteiger partial charge in [0.2, 0.25) is 5.91 Å². The third kappa shape index (κ3) is 6.68. The van der Waals surface area contributed by atoms with E-state index in [1.165, 1.54) is 5.52 Å². The second-order valence-corrected chi connectivity index (χ2v) is 13.1. The molecule has 2 aromatic carbocycles. The van der Waals surface area contributed by atoms with E-state index in [9.17, 15) is 4.79 Å². The Morgan fingerprint density at radius 3 is 2.35 bits per heavy atom. The highest BCUT2D eigenvalue weighted by molar-refractivity contribution is 8.00. The van der Waals surface area contributed by atoms with Gasteiger partial charge in [-0.1, -0.05) is 41.5 Å². The number of aromatic nitrogens is 2. The number of anilines is 2. The van der Waals surface area contributed by atoms with Gasteiger partial charge in [0.15, 0.2) is 0 Å². The summed E-state index contributed by atoms with van der Waals surface area (Å²) in [6, 6.07) is 14.7. The molecule has 2 heterocycles. The highest BCUT2D eigenvalue weighted by atomic mass is 32.2. The van der Waals surface area contributed by atoms with Crippen LogP contribution in [-0.2, 0) is 21.5 Å². The van der Waals surface area contributed by atoms with Gasteiger partial charge in [-0.05, 0) is 80.1 Å². The molecule has 0 bridgehead atoms. The smallest absolute Gasteiger partial charge is 0.229 e. The van der Waals surface area contributed by atoms with Crippen LogP contribution >= 0.6 is 11.9 Å². The topological polar surface area (TPSA) is 59.4 Å². The summed E-state index contributed by atoms with van der Waals surface area (Å²) >= 11 is 1.70. The molecule has 0 aliphatic carbocycles. The first kappa shape index (κ1) is 27.5. The third-order valence-electron chi connectivity index (χ3n) is 6.77. The van der Waals surface area contributed by atoms with E-state index in [1.54, 1.807) is 11.9 Å². The Hall–Kier alpha value is -2.51. The Labute approximate surface area is 226 Å². The van der Waals surface area contributed by atoms with Crippen LogP contribution in [0.1, 0.15) is 67.1 Å². The molecule has 1 N–H and O–H groups in total. The summed E-state index contributed by atoms with van der Waals surface area (Å²) in [4.78, 5) is 18.6. The van der Waals surface area contributed by atoms with Crippen LogP contribution in [0.5, 0.6) is 0 Å². The zero-order valence-corrected chi connectivity index (χ0v) is 24.2. The van der Waals surface area contributed by atoms with Crippen LogP contribution in [-0.4, -0.2) is 35.2 Å². The number of ether oxygens (including phenoxy) is 1. The van der Waals surface area contributed by atoms with Crippen LogP contribution in [0.2, 0.25) is 0 Å². The second kappa shape index (κ2) is 11.1. The number of amides is 1. The van der Waals surface area contributed by atoms with Crippen molar-refractivity contribution in [2.75, 3.05) is 29.4 Å². The molecular formula is C30H42N4O2S. The van der Waals surface area contributed by atoms with E-state index >= 15 is 0 Å². The average molecular weight is 523 g/mol. The molecule has 0 saturated carbocycles. The molecule has 1 amide bonds.